The van der Waals surface area contributed by atoms with Crippen LogP contribution < -0.4 is 16.2 Å². The molecule has 3 aromatic carbocycles. The predicted octanol–water partition coefficient (Wildman–Crippen LogP) is 1.72. The van der Waals surface area contributed by atoms with Gasteiger partial charge in [0.25, 0.3) is 0 Å². The van der Waals surface area contributed by atoms with Crippen LogP contribution >= 0.6 is 0 Å². The zero-order valence-corrected chi connectivity index (χ0v) is 19.5. The van der Waals surface area contributed by atoms with Gasteiger partial charge in [-0.3, -0.25) is 9.59 Å². The number of rotatable bonds is 9. The van der Waals surface area contributed by atoms with Crippen LogP contribution in [0.25, 0.3) is 0 Å². The highest BCUT2D eigenvalue weighted by Crippen LogP contribution is 2.40. The number of nitrogens with two attached hydrogens (primary N) is 2. The number of carboxylic acids is 1. The number of aliphatic carboxylic acids is 1. The average Bonchev–Trinajstić information content (AvgIpc) is 2.82. The number of sulfonamides is 1. The summed E-state index contributed by atoms with van der Waals surface area (Å²) in [5, 5.41) is 9.05. The Morgan fingerprint density at radius 3 is 2.26 bits per heavy atom. The van der Waals surface area contributed by atoms with Crippen LogP contribution in [-0.4, -0.2) is 48.8 Å². The summed E-state index contributed by atoms with van der Waals surface area (Å²) in [4.78, 5) is 22.5. The number of amides is 1. The summed E-state index contributed by atoms with van der Waals surface area (Å²) in [6.07, 6.45) is 0.0110. The Morgan fingerprint density at radius 2 is 1.66 bits per heavy atom. The number of ether oxygens (including phenoxy) is 1. The number of hydrogen-bond acceptors (Lipinski definition) is 6. The van der Waals surface area contributed by atoms with E-state index < -0.39 is 33.5 Å². The summed E-state index contributed by atoms with van der Waals surface area (Å²) in [6, 6.07) is 20.7. The van der Waals surface area contributed by atoms with Crippen LogP contribution in [0.5, 0.6) is 5.75 Å². The van der Waals surface area contributed by atoms with Gasteiger partial charge < -0.3 is 21.3 Å². The number of benzene rings is 3. The van der Waals surface area contributed by atoms with Crippen LogP contribution in [0, 0.1) is 0 Å². The summed E-state index contributed by atoms with van der Waals surface area (Å²) >= 11 is 0. The van der Waals surface area contributed by atoms with Gasteiger partial charge in [-0.2, -0.15) is 4.31 Å². The molecule has 5 N–H and O–H groups in total. The molecule has 1 aliphatic heterocycles. The first-order chi connectivity index (χ1) is 16.6. The minimum atomic E-state index is -3.87. The lowest BCUT2D eigenvalue weighted by molar-refractivity contribution is -0.138. The van der Waals surface area contributed by atoms with E-state index in [9.17, 15) is 18.0 Å². The van der Waals surface area contributed by atoms with Crippen LogP contribution in [0.15, 0.2) is 83.8 Å². The topological polar surface area (TPSA) is 153 Å². The van der Waals surface area contributed by atoms with Crippen molar-refractivity contribution < 1.29 is 27.9 Å². The van der Waals surface area contributed by atoms with E-state index in [1.165, 1.54) is 16.4 Å². The fourth-order valence-electron chi connectivity index (χ4n) is 3.98. The zero-order valence-electron chi connectivity index (χ0n) is 18.7. The minimum absolute atomic E-state index is 0.0110. The van der Waals surface area contributed by atoms with Crippen molar-refractivity contribution in [3.8, 4) is 5.75 Å². The molecule has 1 atom stereocenters. The molecule has 0 unspecified atom stereocenters. The van der Waals surface area contributed by atoms with Gasteiger partial charge in [0.1, 0.15) is 11.8 Å². The van der Waals surface area contributed by atoms with Crippen molar-refractivity contribution >= 4 is 21.9 Å². The third kappa shape index (κ3) is 5.04. The Balaban J connectivity index is 1.58. The van der Waals surface area contributed by atoms with Crippen molar-refractivity contribution in [1.82, 2.24) is 4.31 Å². The standard InChI is InChI=1S/C25H25N3O6S/c26-22(24(30)31)14-17-5-4-8-21(13-17)35(32,33)28-15-25(16-28,19-6-2-1-3-7-19)34-20-11-9-18(10-12-20)23(27)29/h1-13,22H,14-16,26H2,(H2,27,29)(H,30,31)/t22-/m0/s1. The number of carboxylic acid groups (broad SMARTS) is 1. The Kier molecular flexibility index (Phi) is 6.62. The smallest absolute Gasteiger partial charge is 0.320 e. The van der Waals surface area contributed by atoms with Crippen molar-refractivity contribution in [1.29, 1.82) is 0 Å². The van der Waals surface area contributed by atoms with E-state index >= 15 is 0 Å². The highest BCUT2D eigenvalue weighted by Gasteiger charge is 2.52. The molecular formula is C25H25N3O6S. The van der Waals surface area contributed by atoms with E-state index in [1.807, 2.05) is 30.3 Å². The molecule has 0 aliphatic carbocycles. The SMILES string of the molecule is NC(=O)c1ccc(OC2(c3ccccc3)CN(S(=O)(=O)c3cccc(C[C@H](N)C(=O)O)c3)C2)cc1. The maximum atomic E-state index is 13.3. The maximum absolute atomic E-state index is 13.3. The molecule has 182 valence electrons. The normalized spacial score (nSPS) is 16.1. The second-order valence-electron chi connectivity index (χ2n) is 8.42. The van der Waals surface area contributed by atoms with Crippen LogP contribution in [-0.2, 0) is 26.8 Å². The highest BCUT2D eigenvalue weighted by molar-refractivity contribution is 7.89. The van der Waals surface area contributed by atoms with Crippen molar-refractivity contribution in [3.05, 3.63) is 95.6 Å². The fraction of sp³-hybridized carbons (Fsp3) is 0.200. The van der Waals surface area contributed by atoms with E-state index in [0.717, 1.165) is 5.56 Å². The lowest BCUT2D eigenvalue weighted by Crippen LogP contribution is -2.64. The number of nitrogens with zero attached hydrogens (tertiary/aromatic N) is 1. The zero-order chi connectivity index (χ0) is 25.2. The van der Waals surface area contributed by atoms with Gasteiger partial charge in [-0.1, -0.05) is 42.5 Å². The first kappa shape index (κ1) is 24.4. The van der Waals surface area contributed by atoms with Gasteiger partial charge in [-0.15, -0.1) is 0 Å². The fourth-order valence-corrected chi connectivity index (χ4v) is 5.58. The van der Waals surface area contributed by atoms with Crippen LogP contribution in [0.2, 0.25) is 0 Å². The Bertz CT molecular complexity index is 1340. The Morgan fingerprint density at radius 1 is 1.00 bits per heavy atom. The molecule has 35 heavy (non-hydrogen) atoms. The minimum Gasteiger partial charge on any atom is -0.480 e. The molecular weight excluding hydrogens is 470 g/mol. The van der Waals surface area contributed by atoms with E-state index in [1.54, 1.807) is 36.4 Å². The van der Waals surface area contributed by atoms with E-state index in [4.69, 9.17) is 21.3 Å². The van der Waals surface area contributed by atoms with Gasteiger partial charge in [-0.25, -0.2) is 8.42 Å². The molecule has 1 aliphatic rings. The predicted molar refractivity (Wildman–Crippen MR) is 128 cm³/mol. The third-order valence-electron chi connectivity index (χ3n) is 5.92. The molecule has 1 saturated heterocycles. The summed E-state index contributed by atoms with van der Waals surface area (Å²) < 4.78 is 34.3. The summed E-state index contributed by atoms with van der Waals surface area (Å²) in [5.74, 6) is -1.24. The first-order valence-corrected chi connectivity index (χ1v) is 12.3. The van der Waals surface area contributed by atoms with Crippen molar-refractivity contribution in [2.24, 2.45) is 11.5 Å². The van der Waals surface area contributed by atoms with E-state index in [2.05, 4.69) is 0 Å². The van der Waals surface area contributed by atoms with Gasteiger partial charge in [-0.05, 0) is 53.9 Å². The van der Waals surface area contributed by atoms with Gasteiger partial charge in [0.15, 0.2) is 5.60 Å². The number of primary amides is 1. The van der Waals surface area contributed by atoms with E-state index in [-0.39, 0.29) is 24.4 Å². The molecule has 0 spiro atoms. The Labute approximate surface area is 203 Å². The molecule has 0 radical (unpaired) electrons. The lowest BCUT2D eigenvalue weighted by Gasteiger charge is -2.48. The van der Waals surface area contributed by atoms with Gasteiger partial charge >= 0.3 is 5.97 Å². The summed E-state index contributed by atoms with van der Waals surface area (Å²) in [5.41, 5.74) is 11.6. The molecule has 1 amide bonds. The van der Waals surface area contributed by atoms with Crippen LogP contribution in [0.1, 0.15) is 21.5 Å². The average molecular weight is 496 g/mol. The molecule has 1 fully saturated rings. The first-order valence-electron chi connectivity index (χ1n) is 10.8. The lowest BCUT2D eigenvalue weighted by atomic mass is 9.87. The molecule has 4 rings (SSSR count). The van der Waals surface area contributed by atoms with Crippen LogP contribution in [0.4, 0.5) is 0 Å². The van der Waals surface area contributed by atoms with Gasteiger partial charge in [0, 0.05) is 5.56 Å². The van der Waals surface area contributed by atoms with Gasteiger partial charge in [0.2, 0.25) is 15.9 Å². The molecule has 3 aromatic rings. The Hall–Kier alpha value is -3.73. The maximum Gasteiger partial charge on any atom is 0.320 e. The third-order valence-corrected chi connectivity index (χ3v) is 7.71. The monoisotopic (exact) mass is 495 g/mol. The van der Waals surface area contributed by atoms with Crippen molar-refractivity contribution in [3.63, 3.8) is 0 Å². The molecule has 0 saturated carbocycles. The largest absolute Gasteiger partial charge is 0.480 e. The quantitative estimate of drug-likeness (QED) is 0.408. The molecule has 9 nitrogen and oxygen atoms in total. The number of carbonyl (C=O) groups is 2. The second-order valence-corrected chi connectivity index (χ2v) is 10.4. The summed E-state index contributed by atoms with van der Waals surface area (Å²) in [7, 11) is -3.87. The van der Waals surface area contributed by atoms with Crippen molar-refractivity contribution in [2.75, 3.05) is 13.1 Å². The highest BCUT2D eigenvalue weighted by atomic mass is 32.2. The second kappa shape index (κ2) is 9.49. The van der Waals surface area contributed by atoms with Gasteiger partial charge in [0.05, 0.1) is 18.0 Å². The molecule has 0 aromatic heterocycles. The molecule has 10 heteroatoms. The number of carbonyl (C=O) groups excluding carboxylic acids is 1. The van der Waals surface area contributed by atoms with Crippen LogP contribution in [0.3, 0.4) is 0 Å². The van der Waals surface area contributed by atoms with Crippen molar-refractivity contribution in [2.45, 2.75) is 23.0 Å². The van der Waals surface area contributed by atoms with E-state index in [0.29, 0.717) is 16.9 Å². The number of hydrogen-bond donors (Lipinski definition) is 3. The summed E-state index contributed by atoms with van der Waals surface area (Å²) in [6.45, 7) is 0.131. The molecule has 1 heterocycles. The molecule has 0 bridgehead atoms.